The first kappa shape index (κ1) is 22.9. The van der Waals surface area contributed by atoms with E-state index in [1.54, 1.807) is 7.05 Å². The molecule has 0 aliphatic carbocycles. The molecule has 2 aromatic carbocycles. The van der Waals surface area contributed by atoms with E-state index in [4.69, 9.17) is 9.68 Å². The molecule has 0 spiro atoms. The Morgan fingerprint density at radius 3 is 2.32 bits per heavy atom. The molecule has 150 valence electrons. The third-order valence-electron chi connectivity index (χ3n) is 3.83. The van der Waals surface area contributed by atoms with Crippen molar-refractivity contribution in [2.24, 2.45) is 10.3 Å². The van der Waals surface area contributed by atoms with Crippen LogP contribution in [-0.2, 0) is 21.1 Å². The molecule has 6 nitrogen and oxygen atoms in total. The number of amides is 1. The summed E-state index contributed by atoms with van der Waals surface area (Å²) >= 11 is 0. The van der Waals surface area contributed by atoms with E-state index in [2.05, 4.69) is 15.6 Å². The van der Waals surface area contributed by atoms with Crippen molar-refractivity contribution in [1.29, 1.82) is 0 Å². The Hall–Kier alpha value is -3.15. The quantitative estimate of drug-likeness (QED) is 0.579. The Morgan fingerprint density at radius 1 is 1.04 bits per heavy atom. The molecule has 1 amide bonds. The van der Waals surface area contributed by atoms with Crippen LogP contribution < -0.4 is 5.32 Å². The molecule has 0 heterocycles. The Bertz CT molecular complexity index is 815. The fraction of sp³-hybridized carbons (Fsp3) is 0.318. The van der Waals surface area contributed by atoms with Crippen molar-refractivity contribution in [2.75, 3.05) is 14.2 Å². The van der Waals surface area contributed by atoms with E-state index >= 15 is 0 Å². The number of carbonyl (C=O) groups excluding carboxylic acids is 1. The Labute approximate surface area is 167 Å². The van der Waals surface area contributed by atoms with Gasteiger partial charge < -0.3 is 15.0 Å². The number of hydrogen-bond acceptors (Lipinski definition) is 5. The molecule has 0 aliphatic heterocycles. The minimum Gasteiger partial charge on any atom is -0.398 e. The van der Waals surface area contributed by atoms with Crippen LogP contribution in [0.1, 0.15) is 43.0 Å². The van der Waals surface area contributed by atoms with Crippen LogP contribution in [0, 0.1) is 6.92 Å². The lowest BCUT2D eigenvalue weighted by Gasteiger charge is -2.13. The van der Waals surface area contributed by atoms with Crippen molar-refractivity contribution in [3.8, 4) is 0 Å². The molecule has 0 fully saturated rings. The summed E-state index contributed by atoms with van der Waals surface area (Å²) in [4.78, 5) is 22.6. The Balaban J connectivity index is 0.00000190. The number of nitrogens with one attached hydrogen (secondary N) is 1. The molecule has 6 heteroatoms. The van der Waals surface area contributed by atoms with Crippen molar-refractivity contribution in [2.45, 2.75) is 34.3 Å². The summed E-state index contributed by atoms with van der Waals surface area (Å²) in [5.74, 6) is -0.327. The van der Waals surface area contributed by atoms with Gasteiger partial charge in [0.25, 0.3) is 5.91 Å². The molecule has 0 bridgehead atoms. The first-order valence-corrected chi connectivity index (χ1v) is 9.22. The standard InChI is InChI=1S/C20H23N3O3.C2H6/c1-14-9-8-12-17(18(14)19(23-25-4)20(24)21-3)13-26-22-15(2)16-10-6-5-7-11-16;1-2/h5-12H,13H2,1-4H3,(H,21,24);1-2H3/b22-15+,23-19+;. The van der Waals surface area contributed by atoms with E-state index < -0.39 is 0 Å². The van der Waals surface area contributed by atoms with Gasteiger partial charge in [-0.3, -0.25) is 4.79 Å². The second-order valence-electron chi connectivity index (χ2n) is 5.63. The minimum absolute atomic E-state index is 0.204. The van der Waals surface area contributed by atoms with Crippen molar-refractivity contribution in [1.82, 2.24) is 5.32 Å². The Kier molecular flexibility index (Phi) is 10.0. The summed E-state index contributed by atoms with van der Waals surface area (Å²) in [6, 6.07) is 15.5. The predicted molar refractivity (Wildman–Crippen MR) is 114 cm³/mol. The average molecular weight is 383 g/mol. The predicted octanol–water partition coefficient (Wildman–Crippen LogP) is 4.06. The molecule has 0 aliphatic rings. The SMILES string of the molecule is CC.CNC(=O)/C(=N/OC)c1c(C)cccc1CO/N=C(\C)c1ccccc1. The highest BCUT2D eigenvalue weighted by Crippen LogP contribution is 2.18. The molecular formula is C22H29N3O3. The van der Waals surface area contributed by atoms with Gasteiger partial charge in [0.1, 0.15) is 13.7 Å². The van der Waals surface area contributed by atoms with Gasteiger partial charge in [0, 0.05) is 18.2 Å². The highest BCUT2D eigenvalue weighted by molar-refractivity contribution is 6.45. The number of hydrogen-bond donors (Lipinski definition) is 1. The number of nitrogens with zero attached hydrogens (tertiary/aromatic N) is 2. The lowest BCUT2D eigenvalue weighted by Crippen LogP contribution is -2.30. The molecular weight excluding hydrogens is 354 g/mol. The molecule has 0 aromatic heterocycles. The van der Waals surface area contributed by atoms with E-state index in [0.717, 1.165) is 22.4 Å². The van der Waals surface area contributed by atoms with Crippen LogP contribution in [0.25, 0.3) is 0 Å². The zero-order valence-electron chi connectivity index (χ0n) is 17.4. The summed E-state index contributed by atoms with van der Waals surface area (Å²) in [6.07, 6.45) is 0. The first-order chi connectivity index (χ1) is 13.6. The van der Waals surface area contributed by atoms with Crippen molar-refractivity contribution in [3.63, 3.8) is 0 Å². The largest absolute Gasteiger partial charge is 0.398 e. The normalized spacial score (nSPS) is 11.2. The van der Waals surface area contributed by atoms with Crippen LogP contribution in [-0.4, -0.2) is 31.5 Å². The number of aryl methyl sites for hydroxylation is 1. The molecule has 0 saturated carbocycles. The second-order valence-corrected chi connectivity index (χ2v) is 5.63. The van der Waals surface area contributed by atoms with Crippen molar-refractivity contribution in [3.05, 3.63) is 70.8 Å². The second kappa shape index (κ2) is 12.3. The maximum Gasteiger partial charge on any atom is 0.273 e. The maximum absolute atomic E-state index is 12.2. The van der Waals surface area contributed by atoms with E-state index in [0.29, 0.717) is 5.56 Å². The number of benzene rings is 2. The molecule has 2 rings (SSSR count). The van der Waals surface area contributed by atoms with E-state index in [-0.39, 0.29) is 18.2 Å². The van der Waals surface area contributed by atoms with Gasteiger partial charge in [-0.25, -0.2) is 0 Å². The van der Waals surface area contributed by atoms with Gasteiger partial charge in [0.2, 0.25) is 0 Å². The van der Waals surface area contributed by atoms with Gasteiger partial charge in [-0.05, 0) is 25.0 Å². The number of oxime groups is 2. The molecule has 2 aromatic rings. The van der Waals surface area contributed by atoms with Crippen molar-refractivity contribution >= 4 is 17.3 Å². The van der Waals surface area contributed by atoms with E-state index in [1.165, 1.54) is 7.11 Å². The van der Waals surface area contributed by atoms with Crippen LogP contribution in [0.5, 0.6) is 0 Å². The highest BCUT2D eigenvalue weighted by Gasteiger charge is 2.20. The number of likely N-dealkylation sites (N-methyl/N-ethyl adjacent to an activating group) is 1. The Morgan fingerprint density at radius 2 is 1.71 bits per heavy atom. The fourth-order valence-corrected chi connectivity index (χ4v) is 2.53. The number of rotatable bonds is 7. The van der Waals surface area contributed by atoms with Crippen LogP contribution in [0.4, 0.5) is 0 Å². The minimum atomic E-state index is -0.327. The molecule has 0 saturated heterocycles. The maximum atomic E-state index is 12.2. The van der Waals surface area contributed by atoms with Gasteiger partial charge in [0.15, 0.2) is 5.71 Å². The third kappa shape index (κ3) is 6.23. The molecule has 0 atom stereocenters. The summed E-state index contributed by atoms with van der Waals surface area (Å²) in [5.41, 5.74) is 4.35. The summed E-state index contributed by atoms with van der Waals surface area (Å²) < 4.78 is 0. The number of carbonyl (C=O) groups is 1. The summed E-state index contributed by atoms with van der Waals surface area (Å²) in [7, 11) is 2.96. The first-order valence-electron chi connectivity index (χ1n) is 9.22. The van der Waals surface area contributed by atoms with Crippen LogP contribution in [0.3, 0.4) is 0 Å². The molecule has 1 N–H and O–H groups in total. The van der Waals surface area contributed by atoms with E-state index in [1.807, 2.05) is 76.2 Å². The molecule has 28 heavy (non-hydrogen) atoms. The zero-order chi connectivity index (χ0) is 20.9. The monoisotopic (exact) mass is 383 g/mol. The topological polar surface area (TPSA) is 72.3 Å². The average Bonchev–Trinajstić information content (AvgIpc) is 2.74. The van der Waals surface area contributed by atoms with Gasteiger partial charge in [-0.1, -0.05) is 72.7 Å². The van der Waals surface area contributed by atoms with Crippen LogP contribution in [0.15, 0.2) is 58.8 Å². The smallest absolute Gasteiger partial charge is 0.273 e. The lowest BCUT2D eigenvalue weighted by molar-refractivity contribution is -0.114. The lowest BCUT2D eigenvalue weighted by atomic mass is 9.97. The van der Waals surface area contributed by atoms with E-state index in [9.17, 15) is 4.79 Å². The zero-order valence-corrected chi connectivity index (χ0v) is 17.4. The van der Waals surface area contributed by atoms with Crippen molar-refractivity contribution < 1.29 is 14.5 Å². The summed E-state index contributed by atoms with van der Waals surface area (Å²) in [5, 5.41) is 10.6. The highest BCUT2D eigenvalue weighted by atomic mass is 16.6. The molecule has 0 unspecified atom stereocenters. The van der Waals surface area contributed by atoms with Gasteiger partial charge >= 0.3 is 0 Å². The fourth-order valence-electron chi connectivity index (χ4n) is 2.53. The van der Waals surface area contributed by atoms with Crippen LogP contribution in [0.2, 0.25) is 0 Å². The summed E-state index contributed by atoms with van der Waals surface area (Å²) in [6.45, 7) is 8.00. The van der Waals surface area contributed by atoms with Crippen LogP contribution >= 0.6 is 0 Å². The van der Waals surface area contributed by atoms with Gasteiger partial charge in [-0.2, -0.15) is 0 Å². The molecule has 0 radical (unpaired) electrons. The van der Waals surface area contributed by atoms with Gasteiger partial charge in [-0.15, -0.1) is 0 Å². The van der Waals surface area contributed by atoms with Gasteiger partial charge in [0.05, 0.1) is 5.71 Å². The third-order valence-corrected chi connectivity index (χ3v) is 3.83.